The number of carboxylic acid groups (broad SMARTS) is 1. The van der Waals surface area contributed by atoms with Crippen LogP contribution < -0.4 is 11.1 Å². The van der Waals surface area contributed by atoms with Crippen LogP contribution in [0.2, 0.25) is 0 Å². The van der Waals surface area contributed by atoms with Gasteiger partial charge in [0.15, 0.2) is 0 Å². The van der Waals surface area contributed by atoms with E-state index in [9.17, 15) is 4.79 Å². The van der Waals surface area contributed by atoms with Crippen molar-refractivity contribution in [3.8, 4) is 0 Å². The summed E-state index contributed by atoms with van der Waals surface area (Å²) in [5, 5.41) is 11.5. The van der Waals surface area contributed by atoms with Gasteiger partial charge in [-0.1, -0.05) is 0 Å². The molecule has 0 bridgehead atoms. The predicted molar refractivity (Wildman–Crippen MR) is 41.0 cm³/mol. The summed E-state index contributed by atoms with van der Waals surface area (Å²) in [7, 11) is 0. The van der Waals surface area contributed by atoms with Crippen molar-refractivity contribution in [3.05, 3.63) is 0 Å². The van der Waals surface area contributed by atoms with Crippen LogP contribution in [0.15, 0.2) is 0 Å². The van der Waals surface area contributed by atoms with Crippen LogP contribution in [-0.4, -0.2) is 23.3 Å². The van der Waals surface area contributed by atoms with E-state index in [0.717, 1.165) is 25.8 Å². The van der Waals surface area contributed by atoms with Crippen molar-refractivity contribution in [2.75, 3.05) is 6.54 Å². The van der Waals surface area contributed by atoms with Gasteiger partial charge in [0.1, 0.15) is 0 Å². The number of carboxylic acids is 1. The van der Waals surface area contributed by atoms with E-state index in [2.05, 4.69) is 5.32 Å². The molecule has 1 atom stereocenters. The van der Waals surface area contributed by atoms with Crippen molar-refractivity contribution in [1.29, 1.82) is 0 Å². The minimum Gasteiger partial charge on any atom is -0.481 e. The molecule has 0 aromatic carbocycles. The molecule has 1 unspecified atom stereocenters. The van der Waals surface area contributed by atoms with E-state index in [0.29, 0.717) is 0 Å². The van der Waals surface area contributed by atoms with E-state index in [1.807, 2.05) is 0 Å². The molecule has 0 saturated carbocycles. The molecule has 1 saturated heterocycles. The number of piperidine rings is 1. The highest BCUT2D eigenvalue weighted by atomic mass is 16.4. The van der Waals surface area contributed by atoms with Crippen molar-refractivity contribution in [2.45, 2.75) is 31.3 Å². The second-order valence-corrected chi connectivity index (χ2v) is 3.11. The van der Waals surface area contributed by atoms with Crippen molar-refractivity contribution in [1.82, 2.24) is 5.32 Å². The molecule has 11 heavy (non-hydrogen) atoms. The lowest BCUT2D eigenvalue weighted by molar-refractivity contribution is -0.138. The molecular weight excluding hydrogens is 144 g/mol. The first-order valence-corrected chi connectivity index (χ1v) is 3.88. The molecule has 0 aromatic heterocycles. The van der Waals surface area contributed by atoms with Crippen LogP contribution in [0.1, 0.15) is 25.7 Å². The molecule has 0 aromatic rings. The molecule has 4 N–H and O–H groups in total. The maximum Gasteiger partial charge on any atom is 0.306 e. The summed E-state index contributed by atoms with van der Waals surface area (Å²) in [4.78, 5) is 10.4. The van der Waals surface area contributed by atoms with Gasteiger partial charge in [-0.25, -0.2) is 0 Å². The number of hydrogen-bond donors (Lipinski definition) is 3. The highest BCUT2D eigenvalue weighted by Gasteiger charge is 2.29. The molecule has 0 aliphatic carbocycles. The predicted octanol–water partition coefficient (Wildman–Crippen LogP) is -0.110. The van der Waals surface area contributed by atoms with Gasteiger partial charge in [0.05, 0.1) is 12.1 Å². The molecular formula is C7H14N2O2. The molecule has 0 amide bonds. The molecule has 1 fully saturated rings. The summed E-state index contributed by atoms with van der Waals surface area (Å²) in [6, 6.07) is 0. The monoisotopic (exact) mass is 158 g/mol. The van der Waals surface area contributed by atoms with Crippen LogP contribution in [-0.2, 0) is 4.79 Å². The molecule has 4 nitrogen and oxygen atoms in total. The lowest BCUT2D eigenvalue weighted by Gasteiger charge is -2.33. The fraction of sp³-hybridized carbons (Fsp3) is 0.857. The summed E-state index contributed by atoms with van der Waals surface area (Å²) < 4.78 is 0. The zero-order valence-corrected chi connectivity index (χ0v) is 6.47. The average molecular weight is 158 g/mol. The van der Waals surface area contributed by atoms with Crippen LogP contribution in [0.4, 0.5) is 0 Å². The Bertz CT molecular complexity index is 153. The number of hydrogen-bond acceptors (Lipinski definition) is 3. The Morgan fingerprint density at radius 3 is 2.82 bits per heavy atom. The van der Waals surface area contributed by atoms with Gasteiger partial charge in [0.25, 0.3) is 0 Å². The first-order chi connectivity index (χ1) is 5.12. The lowest BCUT2D eigenvalue weighted by atomic mass is 9.96. The summed E-state index contributed by atoms with van der Waals surface area (Å²) in [6.07, 6.45) is 2.90. The van der Waals surface area contributed by atoms with Crippen LogP contribution in [0, 0.1) is 0 Å². The quantitative estimate of drug-likeness (QED) is 0.524. The molecule has 1 aliphatic rings. The second-order valence-electron chi connectivity index (χ2n) is 3.11. The van der Waals surface area contributed by atoms with Gasteiger partial charge in [-0.2, -0.15) is 0 Å². The van der Waals surface area contributed by atoms with Gasteiger partial charge >= 0.3 is 5.97 Å². The molecule has 0 spiro atoms. The van der Waals surface area contributed by atoms with Crippen LogP contribution in [0.25, 0.3) is 0 Å². The summed E-state index contributed by atoms with van der Waals surface area (Å²) in [5.41, 5.74) is 5.12. The fourth-order valence-corrected chi connectivity index (χ4v) is 1.41. The van der Waals surface area contributed by atoms with E-state index in [1.54, 1.807) is 0 Å². The topological polar surface area (TPSA) is 75.4 Å². The van der Waals surface area contributed by atoms with Gasteiger partial charge in [-0.15, -0.1) is 0 Å². The van der Waals surface area contributed by atoms with Crippen molar-refractivity contribution < 1.29 is 9.90 Å². The van der Waals surface area contributed by atoms with Gasteiger partial charge in [-0.3, -0.25) is 10.1 Å². The van der Waals surface area contributed by atoms with Crippen molar-refractivity contribution >= 4 is 5.97 Å². The molecule has 1 aliphatic heterocycles. The van der Waals surface area contributed by atoms with Gasteiger partial charge < -0.3 is 10.8 Å². The van der Waals surface area contributed by atoms with E-state index in [4.69, 9.17) is 10.8 Å². The zero-order chi connectivity index (χ0) is 8.32. The first-order valence-electron chi connectivity index (χ1n) is 3.88. The third kappa shape index (κ3) is 2.48. The fourth-order valence-electron chi connectivity index (χ4n) is 1.41. The number of rotatable bonds is 2. The number of nitrogens with one attached hydrogen (secondary N) is 1. The molecule has 64 valence electrons. The molecule has 0 radical (unpaired) electrons. The Labute approximate surface area is 65.8 Å². The van der Waals surface area contributed by atoms with Gasteiger partial charge in [0.2, 0.25) is 0 Å². The van der Waals surface area contributed by atoms with E-state index >= 15 is 0 Å². The molecule has 4 heteroatoms. The maximum absolute atomic E-state index is 10.4. The number of aliphatic carboxylic acids is 1. The minimum atomic E-state index is -0.832. The van der Waals surface area contributed by atoms with Crippen LogP contribution in [0.5, 0.6) is 0 Å². The van der Waals surface area contributed by atoms with Crippen molar-refractivity contribution in [3.63, 3.8) is 0 Å². The lowest BCUT2D eigenvalue weighted by Crippen LogP contribution is -2.57. The smallest absolute Gasteiger partial charge is 0.306 e. The normalized spacial score (nSPS) is 31.7. The Balaban J connectivity index is 2.43. The SMILES string of the molecule is NC1(CC(=O)O)CCCCN1. The van der Waals surface area contributed by atoms with Crippen LogP contribution >= 0.6 is 0 Å². The van der Waals surface area contributed by atoms with E-state index in [-0.39, 0.29) is 6.42 Å². The Morgan fingerprint density at radius 2 is 2.36 bits per heavy atom. The Hall–Kier alpha value is -0.610. The number of carbonyl (C=O) groups is 1. The first kappa shape index (κ1) is 8.49. The maximum atomic E-state index is 10.4. The van der Waals surface area contributed by atoms with Gasteiger partial charge in [-0.05, 0) is 25.8 Å². The Kier molecular flexibility index (Phi) is 2.46. The highest BCUT2D eigenvalue weighted by Crippen LogP contribution is 2.16. The molecule has 1 rings (SSSR count). The summed E-state index contributed by atoms with van der Waals surface area (Å²) in [5.74, 6) is -0.832. The van der Waals surface area contributed by atoms with E-state index in [1.165, 1.54) is 0 Å². The average Bonchev–Trinajstić information content (AvgIpc) is 1.85. The molecule has 1 heterocycles. The third-order valence-electron chi connectivity index (χ3n) is 1.99. The highest BCUT2D eigenvalue weighted by molar-refractivity contribution is 5.68. The van der Waals surface area contributed by atoms with Crippen LogP contribution in [0.3, 0.4) is 0 Å². The number of nitrogens with two attached hydrogens (primary N) is 1. The summed E-state index contributed by atoms with van der Waals surface area (Å²) >= 11 is 0. The minimum absolute atomic E-state index is 0.0208. The third-order valence-corrected chi connectivity index (χ3v) is 1.99. The van der Waals surface area contributed by atoms with Gasteiger partial charge in [0, 0.05) is 0 Å². The van der Waals surface area contributed by atoms with E-state index < -0.39 is 11.6 Å². The standard InChI is InChI=1S/C7H14N2O2/c8-7(5-6(10)11)3-1-2-4-9-7/h9H,1-5,8H2,(H,10,11). The second kappa shape index (κ2) is 3.19. The summed E-state index contributed by atoms with van der Waals surface area (Å²) in [6.45, 7) is 0.837. The largest absolute Gasteiger partial charge is 0.481 e. The zero-order valence-electron chi connectivity index (χ0n) is 6.47. The Morgan fingerprint density at radius 1 is 1.64 bits per heavy atom. The van der Waals surface area contributed by atoms with Crippen molar-refractivity contribution in [2.24, 2.45) is 5.73 Å².